The highest BCUT2D eigenvalue weighted by Gasteiger charge is 2.04. The second kappa shape index (κ2) is 4.19. The maximum absolute atomic E-state index is 5.75. The lowest BCUT2D eigenvalue weighted by molar-refractivity contribution is 0.299. The molecule has 1 aromatic rings. The van der Waals surface area contributed by atoms with Gasteiger partial charge in [0.05, 0.1) is 6.61 Å². The Labute approximate surface area is 83.0 Å². The van der Waals surface area contributed by atoms with E-state index in [0.29, 0.717) is 23.1 Å². The predicted molar refractivity (Wildman–Crippen MR) is 56.5 cm³/mol. The van der Waals surface area contributed by atoms with E-state index in [9.17, 15) is 0 Å². The quantitative estimate of drug-likeness (QED) is 0.598. The second-order valence-corrected chi connectivity index (χ2v) is 3.02. The molecule has 1 aromatic carbocycles. The van der Waals surface area contributed by atoms with Crippen LogP contribution in [0.4, 0.5) is 5.69 Å². The van der Waals surface area contributed by atoms with Crippen molar-refractivity contribution in [2.24, 2.45) is 0 Å². The molecule has 0 bridgehead atoms. The van der Waals surface area contributed by atoms with Crippen molar-refractivity contribution < 1.29 is 4.74 Å². The minimum atomic E-state index is 0.580. The lowest BCUT2D eigenvalue weighted by Crippen LogP contribution is -1.96. The summed E-state index contributed by atoms with van der Waals surface area (Å²) in [5.74, 6) is 0.580. The van der Waals surface area contributed by atoms with Gasteiger partial charge < -0.3 is 10.5 Å². The summed E-state index contributed by atoms with van der Waals surface area (Å²) in [6.07, 6.45) is 0. The molecule has 0 aliphatic carbocycles. The van der Waals surface area contributed by atoms with E-state index in [2.05, 4.69) is 6.58 Å². The molecule has 0 atom stereocenters. The molecule has 1 rings (SSSR count). The molecule has 0 aromatic heterocycles. The molecule has 70 valence electrons. The Hall–Kier alpha value is -1.15. The van der Waals surface area contributed by atoms with E-state index in [1.165, 1.54) is 0 Å². The predicted octanol–water partition coefficient (Wildman–Crippen LogP) is 2.93. The van der Waals surface area contributed by atoms with Crippen LogP contribution < -0.4 is 5.73 Å². The van der Waals surface area contributed by atoms with E-state index in [-0.39, 0.29) is 0 Å². The van der Waals surface area contributed by atoms with Crippen molar-refractivity contribution in [2.45, 2.75) is 6.92 Å². The maximum Gasteiger partial charge on any atom is 0.121 e. The Balaban J connectivity index is 2.95. The first-order chi connectivity index (χ1) is 6.15. The molecule has 0 fully saturated rings. The van der Waals surface area contributed by atoms with Crippen LogP contribution in [0.3, 0.4) is 0 Å². The van der Waals surface area contributed by atoms with Gasteiger partial charge in [0.25, 0.3) is 0 Å². The third-order valence-corrected chi connectivity index (χ3v) is 1.87. The first kappa shape index (κ1) is 9.93. The van der Waals surface area contributed by atoms with Crippen molar-refractivity contribution in [1.29, 1.82) is 0 Å². The van der Waals surface area contributed by atoms with Crippen LogP contribution in [0.2, 0.25) is 5.02 Å². The van der Waals surface area contributed by atoms with Crippen LogP contribution in [0, 0.1) is 0 Å². The SMILES string of the molecule is C=C(OCC)c1ccc(Cl)cc1N. The third kappa shape index (κ3) is 2.39. The van der Waals surface area contributed by atoms with Crippen LogP contribution >= 0.6 is 11.6 Å². The van der Waals surface area contributed by atoms with Crippen molar-refractivity contribution in [3.8, 4) is 0 Å². The van der Waals surface area contributed by atoms with Gasteiger partial charge in [0, 0.05) is 16.3 Å². The van der Waals surface area contributed by atoms with Gasteiger partial charge in [-0.2, -0.15) is 0 Å². The molecular formula is C10H12ClNO. The number of nitrogens with two attached hydrogens (primary N) is 1. The average molecular weight is 198 g/mol. The van der Waals surface area contributed by atoms with E-state index in [1.807, 2.05) is 6.92 Å². The van der Waals surface area contributed by atoms with Crippen LogP contribution in [0.25, 0.3) is 5.76 Å². The largest absolute Gasteiger partial charge is 0.494 e. The fourth-order valence-electron chi connectivity index (χ4n) is 1.04. The van der Waals surface area contributed by atoms with Gasteiger partial charge in [-0.25, -0.2) is 0 Å². The molecule has 0 spiro atoms. The zero-order valence-electron chi connectivity index (χ0n) is 7.51. The van der Waals surface area contributed by atoms with Gasteiger partial charge in [-0.15, -0.1) is 0 Å². The van der Waals surface area contributed by atoms with Crippen LogP contribution in [-0.4, -0.2) is 6.61 Å². The van der Waals surface area contributed by atoms with Crippen LogP contribution in [0.15, 0.2) is 24.8 Å². The Bertz CT molecular complexity index is 323. The highest BCUT2D eigenvalue weighted by Crippen LogP contribution is 2.24. The van der Waals surface area contributed by atoms with E-state index in [0.717, 1.165) is 5.56 Å². The van der Waals surface area contributed by atoms with E-state index in [1.54, 1.807) is 18.2 Å². The molecule has 0 unspecified atom stereocenters. The van der Waals surface area contributed by atoms with Gasteiger partial charge in [0.15, 0.2) is 0 Å². The van der Waals surface area contributed by atoms with E-state index >= 15 is 0 Å². The number of ether oxygens (including phenoxy) is 1. The molecule has 0 radical (unpaired) electrons. The summed E-state index contributed by atoms with van der Waals surface area (Å²) in [7, 11) is 0. The van der Waals surface area contributed by atoms with Crippen molar-refractivity contribution in [1.82, 2.24) is 0 Å². The highest BCUT2D eigenvalue weighted by molar-refractivity contribution is 6.30. The molecule has 2 nitrogen and oxygen atoms in total. The smallest absolute Gasteiger partial charge is 0.121 e. The fraction of sp³-hybridized carbons (Fsp3) is 0.200. The summed E-state index contributed by atoms with van der Waals surface area (Å²) >= 11 is 5.75. The second-order valence-electron chi connectivity index (χ2n) is 2.59. The Morgan fingerprint density at radius 1 is 1.62 bits per heavy atom. The van der Waals surface area contributed by atoms with Gasteiger partial charge in [0.2, 0.25) is 0 Å². The van der Waals surface area contributed by atoms with Crippen LogP contribution in [-0.2, 0) is 4.74 Å². The first-order valence-electron chi connectivity index (χ1n) is 4.02. The molecule has 0 saturated carbocycles. The minimum Gasteiger partial charge on any atom is -0.494 e. The normalized spacial score (nSPS) is 9.69. The molecule has 0 saturated heterocycles. The molecule has 3 heteroatoms. The molecular weight excluding hydrogens is 186 g/mol. The summed E-state index contributed by atoms with van der Waals surface area (Å²) < 4.78 is 5.23. The third-order valence-electron chi connectivity index (χ3n) is 1.63. The van der Waals surface area contributed by atoms with Crippen molar-refractivity contribution in [3.05, 3.63) is 35.4 Å². The number of anilines is 1. The van der Waals surface area contributed by atoms with Gasteiger partial charge in [-0.3, -0.25) is 0 Å². The Morgan fingerprint density at radius 2 is 2.31 bits per heavy atom. The maximum atomic E-state index is 5.75. The number of hydrogen-bond donors (Lipinski definition) is 1. The highest BCUT2D eigenvalue weighted by atomic mass is 35.5. The van der Waals surface area contributed by atoms with Gasteiger partial charge >= 0.3 is 0 Å². The van der Waals surface area contributed by atoms with Crippen molar-refractivity contribution >= 4 is 23.0 Å². The summed E-state index contributed by atoms with van der Waals surface area (Å²) in [6.45, 7) is 6.24. The zero-order valence-corrected chi connectivity index (χ0v) is 8.27. The number of rotatable bonds is 3. The van der Waals surface area contributed by atoms with Gasteiger partial charge in [-0.1, -0.05) is 18.2 Å². The molecule has 2 N–H and O–H groups in total. The van der Waals surface area contributed by atoms with Crippen molar-refractivity contribution in [3.63, 3.8) is 0 Å². The topological polar surface area (TPSA) is 35.2 Å². The standard InChI is InChI=1S/C10H12ClNO/c1-3-13-7(2)9-5-4-8(11)6-10(9)12/h4-6H,2-3,12H2,1H3. The number of nitrogen functional groups attached to an aromatic ring is 1. The fourth-order valence-corrected chi connectivity index (χ4v) is 1.22. The van der Waals surface area contributed by atoms with Crippen LogP contribution in [0.1, 0.15) is 12.5 Å². The lowest BCUT2D eigenvalue weighted by atomic mass is 10.1. The number of halogens is 1. The molecule has 0 amide bonds. The Morgan fingerprint density at radius 3 is 2.85 bits per heavy atom. The molecule has 0 aliphatic rings. The van der Waals surface area contributed by atoms with Crippen LogP contribution in [0.5, 0.6) is 0 Å². The summed E-state index contributed by atoms with van der Waals surface area (Å²) in [5.41, 5.74) is 7.11. The number of hydrogen-bond acceptors (Lipinski definition) is 2. The monoisotopic (exact) mass is 197 g/mol. The van der Waals surface area contributed by atoms with E-state index < -0.39 is 0 Å². The summed E-state index contributed by atoms with van der Waals surface area (Å²) in [5, 5.41) is 0.616. The molecule has 0 aliphatic heterocycles. The number of benzene rings is 1. The molecule has 13 heavy (non-hydrogen) atoms. The zero-order chi connectivity index (χ0) is 9.84. The average Bonchev–Trinajstić information content (AvgIpc) is 2.04. The minimum absolute atomic E-state index is 0.580. The van der Waals surface area contributed by atoms with Gasteiger partial charge in [-0.05, 0) is 25.1 Å². The Kier molecular flexibility index (Phi) is 3.20. The molecule has 0 heterocycles. The summed E-state index contributed by atoms with van der Waals surface area (Å²) in [6, 6.07) is 5.24. The van der Waals surface area contributed by atoms with Crippen molar-refractivity contribution in [2.75, 3.05) is 12.3 Å². The van der Waals surface area contributed by atoms with E-state index in [4.69, 9.17) is 22.1 Å². The first-order valence-corrected chi connectivity index (χ1v) is 4.40. The lowest BCUT2D eigenvalue weighted by Gasteiger charge is -2.09. The summed E-state index contributed by atoms with van der Waals surface area (Å²) in [4.78, 5) is 0. The van der Waals surface area contributed by atoms with Gasteiger partial charge in [0.1, 0.15) is 5.76 Å².